The highest BCUT2D eigenvalue weighted by molar-refractivity contribution is 7.16. The van der Waals surface area contributed by atoms with Gasteiger partial charge in [-0.1, -0.05) is 29.5 Å². The monoisotopic (exact) mass is 396 g/mol. The van der Waals surface area contributed by atoms with E-state index in [2.05, 4.69) is 10.2 Å². The van der Waals surface area contributed by atoms with E-state index in [1.54, 1.807) is 32.7 Å². The molecular weight excluding hydrogens is 376 g/mol. The van der Waals surface area contributed by atoms with Crippen LogP contribution in [0.4, 0.5) is 0 Å². The molecule has 0 spiro atoms. The van der Waals surface area contributed by atoms with Crippen LogP contribution in [-0.2, 0) is 12.8 Å². The lowest BCUT2D eigenvalue weighted by Crippen LogP contribution is -2.00. The highest BCUT2D eigenvalue weighted by Gasteiger charge is 2.14. The smallest absolute Gasteiger partial charge is 0.234 e. The first-order valence-corrected chi connectivity index (χ1v) is 9.55. The van der Waals surface area contributed by atoms with Crippen LogP contribution in [0.5, 0.6) is 17.2 Å². The molecule has 144 valence electrons. The average Bonchev–Trinajstić information content (AvgIpc) is 3.29. The van der Waals surface area contributed by atoms with Gasteiger partial charge in [-0.05, 0) is 35.4 Å². The molecule has 0 aliphatic rings. The van der Waals surface area contributed by atoms with Gasteiger partial charge in [0.1, 0.15) is 10.8 Å². The van der Waals surface area contributed by atoms with Crippen molar-refractivity contribution in [2.24, 2.45) is 0 Å². The third-order valence-electron chi connectivity index (χ3n) is 4.42. The van der Waals surface area contributed by atoms with Crippen molar-refractivity contribution >= 4 is 16.3 Å². The van der Waals surface area contributed by atoms with Crippen LogP contribution in [0.2, 0.25) is 0 Å². The highest BCUT2D eigenvalue weighted by Crippen LogP contribution is 2.28. The highest BCUT2D eigenvalue weighted by atomic mass is 32.1. The van der Waals surface area contributed by atoms with Crippen molar-refractivity contribution in [2.75, 3.05) is 21.3 Å². The first-order valence-electron chi connectivity index (χ1n) is 8.74. The Kier molecular flexibility index (Phi) is 5.12. The van der Waals surface area contributed by atoms with E-state index < -0.39 is 0 Å². The van der Waals surface area contributed by atoms with Gasteiger partial charge in [-0.15, -0.1) is 10.2 Å². The van der Waals surface area contributed by atoms with Crippen LogP contribution < -0.4 is 14.2 Å². The molecule has 7 nitrogen and oxygen atoms in total. The Bertz CT molecular complexity index is 1090. The molecule has 0 aliphatic carbocycles. The van der Waals surface area contributed by atoms with Gasteiger partial charge in [-0.3, -0.25) is 0 Å². The summed E-state index contributed by atoms with van der Waals surface area (Å²) in [5, 5.41) is 14.3. The van der Waals surface area contributed by atoms with Crippen LogP contribution in [-0.4, -0.2) is 41.1 Å². The molecule has 8 heteroatoms. The van der Waals surface area contributed by atoms with Crippen molar-refractivity contribution in [3.8, 4) is 17.2 Å². The van der Waals surface area contributed by atoms with Crippen molar-refractivity contribution in [3.05, 3.63) is 64.4 Å². The van der Waals surface area contributed by atoms with Crippen molar-refractivity contribution < 1.29 is 14.2 Å². The minimum Gasteiger partial charge on any atom is -0.497 e. The molecule has 0 N–H and O–H groups in total. The second-order valence-electron chi connectivity index (χ2n) is 6.20. The summed E-state index contributed by atoms with van der Waals surface area (Å²) < 4.78 is 17.7. The lowest BCUT2D eigenvalue weighted by molar-refractivity contribution is 0.354. The Morgan fingerprint density at radius 3 is 2.29 bits per heavy atom. The largest absolute Gasteiger partial charge is 0.497 e. The zero-order valence-corrected chi connectivity index (χ0v) is 16.7. The van der Waals surface area contributed by atoms with Gasteiger partial charge < -0.3 is 14.2 Å². The van der Waals surface area contributed by atoms with E-state index in [1.807, 2.05) is 47.0 Å². The van der Waals surface area contributed by atoms with E-state index in [1.165, 1.54) is 5.56 Å². The molecule has 0 atom stereocenters. The van der Waals surface area contributed by atoms with Gasteiger partial charge >= 0.3 is 0 Å². The molecule has 4 rings (SSSR count). The molecule has 0 amide bonds. The van der Waals surface area contributed by atoms with E-state index in [0.717, 1.165) is 33.5 Å². The summed E-state index contributed by atoms with van der Waals surface area (Å²) in [4.78, 5) is 0.791. The van der Waals surface area contributed by atoms with Crippen molar-refractivity contribution in [1.29, 1.82) is 0 Å². The second kappa shape index (κ2) is 7.85. The Balaban J connectivity index is 1.55. The van der Waals surface area contributed by atoms with Crippen LogP contribution in [0.3, 0.4) is 0 Å². The summed E-state index contributed by atoms with van der Waals surface area (Å²) in [6.07, 6.45) is 1.35. The van der Waals surface area contributed by atoms with E-state index in [0.29, 0.717) is 17.9 Å². The maximum absolute atomic E-state index is 5.38. The number of fused-ring (bicyclic) bond motifs is 1. The lowest BCUT2D eigenvalue weighted by atomic mass is 10.1. The number of benzene rings is 2. The molecule has 0 aliphatic heterocycles. The van der Waals surface area contributed by atoms with Crippen LogP contribution in [0.1, 0.15) is 22.0 Å². The van der Waals surface area contributed by atoms with Gasteiger partial charge in [-0.2, -0.15) is 9.61 Å². The Hall–Kier alpha value is -3.13. The molecule has 2 heterocycles. The Labute approximate surface area is 166 Å². The molecule has 0 fully saturated rings. The van der Waals surface area contributed by atoms with E-state index in [4.69, 9.17) is 19.3 Å². The molecule has 2 aromatic heterocycles. The maximum Gasteiger partial charge on any atom is 0.234 e. The molecule has 2 aromatic carbocycles. The number of aromatic nitrogens is 4. The van der Waals surface area contributed by atoms with E-state index >= 15 is 0 Å². The summed E-state index contributed by atoms with van der Waals surface area (Å²) >= 11 is 1.55. The molecular formula is C20H20N4O3S. The Morgan fingerprint density at radius 2 is 1.57 bits per heavy atom. The SMILES string of the molecule is COc1ccc(Cc2nn3c(Cc4ccc(OC)c(OC)c4)nnc3s2)cc1. The van der Waals surface area contributed by atoms with E-state index in [-0.39, 0.29) is 0 Å². The van der Waals surface area contributed by atoms with Gasteiger partial charge in [-0.25, -0.2) is 0 Å². The number of ether oxygens (including phenoxy) is 3. The van der Waals surface area contributed by atoms with Gasteiger partial charge in [0.2, 0.25) is 4.96 Å². The fourth-order valence-electron chi connectivity index (χ4n) is 2.97. The number of nitrogens with zero attached hydrogens (tertiary/aromatic N) is 4. The van der Waals surface area contributed by atoms with Crippen LogP contribution in [0, 0.1) is 0 Å². The fourth-order valence-corrected chi connectivity index (χ4v) is 3.86. The molecule has 4 aromatic rings. The predicted octanol–water partition coefficient (Wildman–Crippen LogP) is 3.39. The quantitative estimate of drug-likeness (QED) is 0.477. The third-order valence-corrected chi connectivity index (χ3v) is 5.32. The van der Waals surface area contributed by atoms with Crippen molar-refractivity contribution in [1.82, 2.24) is 19.8 Å². The number of hydrogen-bond acceptors (Lipinski definition) is 7. The zero-order chi connectivity index (χ0) is 19.5. The number of rotatable bonds is 7. The molecule has 28 heavy (non-hydrogen) atoms. The summed E-state index contributed by atoms with van der Waals surface area (Å²) in [7, 11) is 4.92. The predicted molar refractivity (Wildman–Crippen MR) is 107 cm³/mol. The zero-order valence-electron chi connectivity index (χ0n) is 15.9. The minimum atomic E-state index is 0.604. The average molecular weight is 396 g/mol. The van der Waals surface area contributed by atoms with Crippen molar-refractivity contribution in [3.63, 3.8) is 0 Å². The molecule has 0 saturated heterocycles. The Morgan fingerprint density at radius 1 is 0.821 bits per heavy atom. The minimum absolute atomic E-state index is 0.604. The fraction of sp³-hybridized carbons (Fsp3) is 0.250. The van der Waals surface area contributed by atoms with Crippen LogP contribution in [0.15, 0.2) is 42.5 Å². The third kappa shape index (κ3) is 3.63. The molecule has 0 saturated carbocycles. The number of methoxy groups -OCH3 is 3. The van der Waals surface area contributed by atoms with Gasteiger partial charge in [0.05, 0.1) is 21.3 Å². The standard InChI is InChI=1S/C20H20N4O3S/c1-25-15-7-4-13(5-8-15)12-19-23-24-18(21-22-20(24)28-19)11-14-6-9-16(26-2)17(10-14)27-3/h4-10H,11-12H2,1-3H3. The summed E-state index contributed by atoms with van der Waals surface area (Å²) in [5.74, 6) is 3.03. The maximum atomic E-state index is 5.38. The van der Waals surface area contributed by atoms with Gasteiger partial charge in [0.25, 0.3) is 0 Å². The summed E-state index contributed by atoms with van der Waals surface area (Å²) in [6.45, 7) is 0. The first-order chi connectivity index (χ1) is 13.7. The summed E-state index contributed by atoms with van der Waals surface area (Å²) in [6, 6.07) is 13.8. The van der Waals surface area contributed by atoms with Gasteiger partial charge in [0.15, 0.2) is 17.3 Å². The second-order valence-corrected chi connectivity index (χ2v) is 7.24. The molecule has 0 radical (unpaired) electrons. The van der Waals surface area contributed by atoms with Crippen molar-refractivity contribution in [2.45, 2.75) is 12.8 Å². The van der Waals surface area contributed by atoms with Gasteiger partial charge in [0, 0.05) is 12.8 Å². The summed E-state index contributed by atoms with van der Waals surface area (Å²) in [5.41, 5.74) is 2.23. The van der Waals surface area contributed by atoms with E-state index in [9.17, 15) is 0 Å². The molecule has 0 bridgehead atoms. The topological polar surface area (TPSA) is 70.8 Å². The number of hydrogen-bond donors (Lipinski definition) is 0. The first kappa shape index (κ1) is 18.2. The van der Waals surface area contributed by atoms with Crippen LogP contribution >= 0.6 is 11.3 Å². The lowest BCUT2D eigenvalue weighted by Gasteiger charge is -2.08. The molecule has 0 unspecified atom stereocenters. The normalized spacial score (nSPS) is 11.0. The van der Waals surface area contributed by atoms with Crippen LogP contribution in [0.25, 0.3) is 4.96 Å².